The van der Waals surface area contributed by atoms with Gasteiger partial charge in [-0.2, -0.15) is 0 Å². The maximum Gasteiger partial charge on any atom is 0.225 e. The first-order chi connectivity index (χ1) is 13.7. The second kappa shape index (κ2) is 7.48. The topological polar surface area (TPSA) is 79.8 Å². The Kier molecular flexibility index (Phi) is 4.72. The zero-order chi connectivity index (χ0) is 19.5. The number of hydrogen-bond acceptors (Lipinski definition) is 7. The number of nitrogens with zero attached hydrogens (tertiary/aromatic N) is 2. The largest absolute Gasteiger partial charge is 0.493 e. The van der Waals surface area contributed by atoms with Crippen molar-refractivity contribution in [3.05, 3.63) is 54.9 Å². The molecule has 7 heteroatoms. The number of benzene rings is 2. The molecule has 0 N–H and O–H groups in total. The third-order valence-electron chi connectivity index (χ3n) is 4.32. The molecule has 0 spiro atoms. The first kappa shape index (κ1) is 17.7. The SMILES string of the molecule is COc1cc(-c2cc(-c3ccc(-c4ncco4)cc3)no2)cc(OC)c1OC. The summed E-state index contributed by atoms with van der Waals surface area (Å²) in [6, 6.07) is 13.2. The van der Waals surface area contributed by atoms with E-state index in [1.807, 2.05) is 42.5 Å². The lowest BCUT2D eigenvalue weighted by Crippen LogP contribution is -1.95. The lowest BCUT2D eigenvalue weighted by molar-refractivity contribution is 0.324. The molecule has 7 nitrogen and oxygen atoms in total. The molecule has 2 aromatic heterocycles. The van der Waals surface area contributed by atoms with Gasteiger partial charge >= 0.3 is 0 Å². The van der Waals surface area contributed by atoms with E-state index in [9.17, 15) is 0 Å². The fourth-order valence-electron chi connectivity index (χ4n) is 2.92. The quantitative estimate of drug-likeness (QED) is 0.481. The molecule has 0 aliphatic carbocycles. The highest BCUT2D eigenvalue weighted by Gasteiger charge is 2.17. The van der Waals surface area contributed by atoms with Gasteiger partial charge in [0.15, 0.2) is 17.3 Å². The van der Waals surface area contributed by atoms with Crippen molar-refractivity contribution < 1.29 is 23.2 Å². The molecule has 0 radical (unpaired) electrons. The zero-order valence-corrected chi connectivity index (χ0v) is 15.6. The minimum absolute atomic E-state index is 0.524. The van der Waals surface area contributed by atoms with E-state index in [0.29, 0.717) is 34.6 Å². The summed E-state index contributed by atoms with van der Waals surface area (Å²) in [6.45, 7) is 0. The normalized spacial score (nSPS) is 10.7. The van der Waals surface area contributed by atoms with Crippen LogP contribution in [0, 0.1) is 0 Å². The highest BCUT2D eigenvalue weighted by Crippen LogP contribution is 2.41. The highest BCUT2D eigenvalue weighted by atomic mass is 16.5. The first-order valence-electron chi connectivity index (χ1n) is 8.51. The Morgan fingerprint density at radius 1 is 0.786 bits per heavy atom. The molecule has 0 aliphatic heterocycles. The van der Waals surface area contributed by atoms with Crippen LogP contribution in [-0.2, 0) is 0 Å². The number of aromatic nitrogens is 2. The Labute approximate surface area is 161 Å². The van der Waals surface area contributed by atoms with Crippen molar-refractivity contribution in [1.29, 1.82) is 0 Å². The van der Waals surface area contributed by atoms with Crippen molar-refractivity contribution in [2.45, 2.75) is 0 Å². The van der Waals surface area contributed by atoms with Crippen LogP contribution in [0.5, 0.6) is 17.2 Å². The van der Waals surface area contributed by atoms with E-state index in [-0.39, 0.29) is 0 Å². The lowest BCUT2D eigenvalue weighted by atomic mass is 10.1. The summed E-state index contributed by atoms with van der Waals surface area (Å²) in [5.41, 5.74) is 3.28. The smallest absolute Gasteiger partial charge is 0.225 e. The molecular weight excluding hydrogens is 360 g/mol. The van der Waals surface area contributed by atoms with E-state index in [0.717, 1.165) is 16.7 Å². The van der Waals surface area contributed by atoms with Gasteiger partial charge in [0.1, 0.15) is 12.0 Å². The van der Waals surface area contributed by atoms with Crippen LogP contribution in [0.3, 0.4) is 0 Å². The second-order valence-corrected chi connectivity index (χ2v) is 5.91. The molecule has 0 saturated carbocycles. The highest BCUT2D eigenvalue weighted by molar-refractivity contribution is 5.72. The van der Waals surface area contributed by atoms with Gasteiger partial charge in [0.05, 0.1) is 27.5 Å². The van der Waals surface area contributed by atoms with E-state index in [4.69, 9.17) is 23.2 Å². The molecular formula is C21H18N2O5. The van der Waals surface area contributed by atoms with Crippen molar-refractivity contribution in [3.63, 3.8) is 0 Å². The number of hydrogen-bond donors (Lipinski definition) is 0. The Morgan fingerprint density at radius 2 is 1.46 bits per heavy atom. The molecule has 4 aromatic rings. The van der Waals surface area contributed by atoms with Crippen LogP contribution < -0.4 is 14.2 Å². The standard InChI is InChI=1S/C21H18N2O5/c1-24-18-10-15(11-19(25-2)20(18)26-3)17-12-16(23-28-17)13-4-6-14(7-5-13)21-22-8-9-27-21/h4-12H,1-3H3. The third kappa shape index (κ3) is 3.18. The fourth-order valence-corrected chi connectivity index (χ4v) is 2.92. The van der Waals surface area contributed by atoms with Gasteiger partial charge in [0.25, 0.3) is 0 Å². The van der Waals surface area contributed by atoms with E-state index < -0.39 is 0 Å². The van der Waals surface area contributed by atoms with Gasteiger partial charge in [-0.15, -0.1) is 0 Å². The monoisotopic (exact) mass is 378 g/mol. The molecule has 0 bridgehead atoms. The van der Waals surface area contributed by atoms with Crippen molar-refractivity contribution in [1.82, 2.24) is 10.1 Å². The van der Waals surface area contributed by atoms with Crippen LogP contribution in [0.1, 0.15) is 0 Å². The number of oxazole rings is 1. The molecule has 0 saturated heterocycles. The van der Waals surface area contributed by atoms with Gasteiger partial charge in [-0.05, 0) is 24.3 Å². The summed E-state index contributed by atoms with van der Waals surface area (Å²) in [5, 5.41) is 4.18. The summed E-state index contributed by atoms with van der Waals surface area (Å²) < 4.78 is 27.0. The molecule has 142 valence electrons. The average molecular weight is 378 g/mol. The Morgan fingerprint density at radius 3 is 2.04 bits per heavy atom. The molecule has 0 atom stereocenters. The summed E-state index contributed by atoms with van der Waals surface area (Å²) in [5.74, 6) is 2.78. The predicted octanol–water partition coefficient (Wildman–Crippen LogP) is 4.69. The van der Waals surface area contributed by atoms with Gasteiger partial charge < -0.3 is 23.2 Å². The minimum Gasteiger partial charge on any atom is -0.493 e. The Hall–Kier alpha value is -3.74. The molecule has 4 rings (SSSR count). The van der Waals surface area contributed by atoms with Gasteiger partial charge in [-0.3, -0.25) is 0 Å². The van der Waals surface area contributed by atoms with E-state index in [1.165, 1.54) is 0 Å². The summed E-state index contributed by atoms with van der Waals surface area (Å²) in [6.07, 6.45) is 3.16. The molecule has 2 aromatic carbocycles. The maximum atomic E-state index is 5.55. The molecule has 0 aliphatic rings. The Balaban J connectivity index is 1.66. The number of ether oxygens (including phenoxy) is 3. The maximum absolute atomic E-state index is 5.55. The minimum atomic E-state index is 0.524. The average Bonchev–Trinajstić information content (AvgIpc) is 3.45. The van der Waals surface area contributed by atoms with Gasteiger partial charge in [-0.25, -0.2) is 4.98 Å². The van der Waals surface area contributed by atoms with Crippen molar-refractivity contribution in [2.24, 2.45) is 0 Å². The van der Waals surface area contributed by atoms with Crippen LogP contribution in [-0.4, -0.2) is 31.5 Å². The molecule has 0 amide bonds. The number of rotatable bonds is 6. The molecule has 0 fully saturated rings. The van der Waals surface area contributed by atoms with Gasteiger partial charge in [0, 0.05) is 22.8 Å². The molecule has 0 unspecified atom stereocenters. The summed E-state index contributed by atoms with van der Waals surface area (Å²) in [7, 11) is 4.71. The number of methoxy groups -OCH3 is 3. The van der Waals surface area contributed by atoms with Crippen LogP contribution in [0.2, 0.25) is 0 Å². The van der Waals surface area contributed by atoms with Gasteiger partial charge in [-0.1, -0.05) is 17.3 Å². The van der Waals surface area contributed by atoms with Crippen molar-refractivity contribution >= 4 is 0 Å². The van der Waals surface area contributed by atoms with Gasteiger partial charge in [0.2, 0.25) is 11.6 Å². The van der Waals surface area contributed by atoms with E-state index >= 15 is 0 Å². The summed E-state index contributed by atoms with van der Waals surface area (Å²) in [4.78, 5) is 4.14. The zero-order valence-electron chi connectivity index (χ0n) is 15.6. The van der Waals surface area contributed by atoms with E-state index in [1.54, 1.807) is 33.8 Å². The third-order valence-corrected chi connectivity index (χ3v) is 4.32. The first-order valence-corrected chi connectivity index (χ1v) is 8.51. The van der Waals surface area contributed by atoms with Crippen LogP contribution >= 0.6 is 0 Å². The molecule has 28 heavy (non-hydrogen) atoms. The summed E-state index contributed by atoms with van der Waals surface area (Å²) >= 11 is 0. The van der Waals surface area contributed by atoms with Crippen LogP contribution in [0.25, 0.3) is 34.0 Å². The van der Waals surface area contributed by atoms with Crippen molar-refractivity contribution in [3.8, 4) is 51.3 Å². The van der Waals surface area contributed by atoms with Crippen LogP contribution in [0.15, 0.2) is 63.9 Å². The lowest BCUT2D eigenvalue weighted by Gasteiger charge is -2.12. The Bertz CT molecular complexity index is 1040. The molecule has 2 heterocycles. The second-order valence-electron chi connectivity index (χ2n) is 5.91. The predicted molar refractivity (Wildman–Crippen MR) is 103 cm³/mol. The van der Waals surface area contributed by atoms with E-state index in [2.05, 4.69) is 10.1 Å². The van der Waals surface area contributed by atoms with Crippen molar-refractivity contribution in [2.75, 3.05) is 21.3 Å². The van der Waals surface area contributed by atoms with Crippen LogP contribution in [0.4, 0.5) is 0 Å². The fraction of sp³-hybridized carbons (Fsp3) is 0.143.